The van der Waals surface area contributed by atoms with Gasteiger partial charge in [0.05, 0.1) is 29.9 Å². The number of nitrogens with zero attached hydrogens (tertiary/aromatic N) is 15. The highest BCUT2D eigenvalue weighted by molar-refractivity contribution is 7.13. The Morgan fingerprint density at radius 2 is 0.789 bits per heavy atom. The first-order valence-corrected chi connectivity index (χ1v) is 27.9. The zero-order valence-electron chi connectivity index (χ0n) is 49.3. The van der Waals surface area contributed by atoms with Crippen molar-refractivity contribution < 1.29 is 4.74 Å². The van der Waals surface area contributed by atoms with Gasteiger partial charge in [0.1, 0.15) is 10.8 Å². The fourth-order valence-electron chi connectivity index (χ4n) is 7.34. The number of rotatable bonds is 19. The predicted molar refractivity (Wildman–Crippen MR) is 318 cm³/mol. The van der Waals surface area contributed by atoms with E-state index in [2.05, 4.69) is 167 Å². The van der Waals surface area contributed by atoms with E-state index in [9.17, 15) is 0 Å². The standard InChI is InChI=1S/C13H21N3O.C13H21N3.C12H19N3.C11H15N3.C10H17N3S/c1-10(2)16(11(3)4)15-14-12-6-8-13(17-5)9-7-12;1-10(2)16(11(3)4)15-14-13-9-7-6-8-12(13)5;1-10(2)15(11(3)4)14-13-12-8-6-5-7-9-12;1-3-7-11(8-4-1)12-13-14-9-5-2-6-10-14;1-8(2)13(9(3)4)12-11-10-6-5-7-14-10/h6-11H,1-5H3;6-11H,1-5H3;5-11H,1-4H3;1,3-4,7-8H,2,5-6,9-10H2;5-9H,1-4H3. The molecular formula is C59H93N15OS. The fraction of sp³-hybridized carbons (Fsp3) is 0.525. The summed E-state index contributed by atoms with van der Waals surface area (Å²) >= 11 is 1.60. The van der Waals surface area contributed by atoms with E-state index >= 15 is 0 Å². The number of thiophene rings is 1. The zero-order valence-corrected chi connectivity index (χ0v) is 50.1. The molecule has 16 nitrogen and oxygen atoms in total. The van der Waals surface area contributed by atoms with E-state index in [0.717, 1.165) is 52.2 Å². The summed E-state index contributed by atoms with van der Waals surface area (Å²) in [5.74, 6) is 0.827. The Bertz CT molecular complexity index is 2330. The maximum absolute atomic E-state index is 5.09. The van der Waals surface area contributed by atoms with E-state index in [4.69, 9.17) is 4.74 Å². The topological polar surface area (TPSA) is 149 Å². The van der Waals surface area contributed by atoms with E-state index in [1.165, 1.54) is 19.3 Å². The summed E-state index contributed by atoms with van der Waals surface area (Å²) in [6, 6.07) is 42.1. The molecule has 1 fully saturated rings. The number of benzene rings is 4. The van der Waals surface area contributed by atoms with Crippen molar-refractivity contribution in [1.29, 1.82) is 0 Å². The van der Waals surface area contributed by atoms with Crippen LogP contribution in [0.2, 0.25) is 0 Å². The van der Waals surface area contributed by atoms with Crippen LogP contribution in [0.15, 0.2) is 178 Å². The lowest BCUT2D eigenvalue weighted by Crippen LogP contribution is -2.31. The molecule has 0 radical (unpaired) electrons. The van der Waals surface area contributed by atoms with Crippen LogP contribution in [0, 0.1) is 6.92 Å². The molecule has 76 heavy (non-hydrogen) atoms. The summed E-state index contributed by atoms with van der Waals surface area (Å²) in [4.78, 5) is 0. The second-order valence-electron chi connectivity index (χ2n) is 20.3. The third-order valence-corrected chi connectivity index (χ3v) is 11.8. The Morgan fingerprint density at radius 3 is 1.18 bits per heavy atom. The van der Waals surface area contributed by atoms with Gasteiger partial charge >= 0.3 is 0 Å². The number of piperidine rings is 1. The molecule has 1 aromatic heterocycles. The van der Waals surface area contributed by atoms with Crippen LogP contribution < -0.4 is 4.74 Å². The molecule has 0 saturated carbocycles. The average Bonchev–Trinajstić information content (AvgIpc) is 3.91. The van der Waals surface area contributed by atoms with Crippen molar-refractivity contribution in [3.8, 4) is 5.75 Å². The van der Waals surface area contributed by atoms with Gasteiger partial charge in [0.15, 0.2) is 0 Å². The average molecular weight is 1060 g/mol. The second kappa shape index (κ2) is 37.2. The molecule has 6 rings (SSSR count). The van der Waals surface area contributed by atoms with E-state index < -0.39 is 0 Å². The Hall–Kier alpha value is -6.62. The van der Waals surface area contributed by atoms with Crippen LogP contribution in [0.3, 0.4) is 0 Å². The Morgan fingerprint density at radius 1 is 0.408 bits per heavy atom. The second-order valence-corrected chi connectivity index (χ2v) is 21.3. The van der Waals surface area contributed by atoms with Crippen molar-refractivity contribution in [2.45, 2.75) is 185 Å². The van der Waals surface area contributed by atoms with Gasteiger partial charge in [-0.25, -0.2) is 0 Å². The van der Waals surface area contributed by atoms with E-state index in [0.29, 0.717) is 48.3 Å². The van der Waals surface area contributed by atoms with Crippen molar-refractivity contribution >= 4 is 39.1 Å². The zero-order chi connectivity index (χ0) is 56.4. The van der Waals surface area contributed by atoms with Crippen molar-refractivity contribution in [2.75, 3.05) is 20.2 Å². The van der Waals surface area contributed by atoms with Gasteiger partial charge < -0.3 is 4.74 Å². The normalized spacial score (nSPS) is 12.7. The largest absolute Gasteiger partial charge is 0.497 e. The Kier molecular flexibility index (Phi) is 32.0. The molecular weight excluding hydrogens is 967 g/mol. The molecule has 0 atom stereocenters. The third kappa shape index (κ3) is 27.3. The van der Waals surface area contributed by atoms with Gasteiger partial charge in [-0.05, 0) is 215 Å². The van der Waals surface area contributed by atoms with Crippen LogP contribution in [0.4, 0.5) is 27.8 Å². The van der Waals surface area contributed by atoms with Crippen molar-refractivity contribution in [3.63, 3.8) is 0 Å². The molecule has 0 aliphatic carbocycles. The van der Waals surface area contributed by atoms with Gasteiger partial charge in [0.25, 0.3) is 0 Å². The molecule has 0 unspecified atom stereocenters. The van der Waals surface area contributed by atoms with Crippen LogP contribution >= 0.6 is 11.3 Å². The highest BCUT2D eigenvalue weighted by Gasteiger charge is 2.13. The van der Waals surface area contributed by atoms with Gasteiger partial charge in [-0.3, -0.25) is 25.0 Å². The predicted octanol–water partition coefficient (Wildman–Crippen LogP) is 18.8. The summed E-state index contributed by atoms with van der Waals surface area (Å²) in [5.41, 5.74) is 4.74. The number of methoxy groups -OCH3 is 1. The summed E-state index contributed by atoms with van der Waals surface area (Å²) < 4.78 is 5.09. The lowest BCUT2D eigenvalue weighted by molar-refractivity contribution is 0.169. The van der Waals surface area contributed by atoms with Gasteiger partial charge in [0, 0.05) is 61.4 Å². The van der Waals surface area contributed by atoms with Gasteiger partial charge in [0.2, 0.25) is 0 Å². The summed E-state index contributed by atoms with van der Waals surface area (Å²) in [7, 11) is 1.65. The van der Waals surface area contributed by atoms with Crippen LogP contribution in [-0.4, -0.2) is 93.6 Å². The molecule has 0 bridgehead atoms. The lowest BCUT2D eigenvalue weighted by Gasteiger charge is -2.25. The van der Waals surface area contributed by atoms with Crippen molar-refractivity contribution in [2.24, 2.45) is 51.7 Å². The maximum atomic E-state index is 5.09. The van der Waals surface area contributed by atoms with Gasteiger partial charge in [-0.1, -0.05) is 80.7 Å². The van der Waals surface area contributed by atoms with Gasteiger partial charge in [-0.15, -0.1) is 36.9 Å². The monoisotopic (exact) mass is 1060 g/mol. The first kappa shape index (κ1) is 65.5. The fourth-order valence-corrected chi connectivity index (χ4v) is 7.87. The highest BCUT2D eigenvalue weighted by atomic mass is 32.1. The van der Waals surface area contributed by atoms with Crippen LogP contribution in [-0.2, 0) is 0 Å². The molecule has 1 saturated heterocycles. The van der Waals surface area contributed by atoms with Crippen molar-refractivity contribution in [3.05, 3.63) is 132 Å². The minimum atomic E-state index is 0.344. The summed E-state index contributed by atoms with van der Waals surface area (Å²) in [6.07, 6.45) is 3.82. The molecule has 4 aromatic carbocycles. The molecule has 1 aliphatic heterocycles. The van der Waals surface area contributed by atoms with Crippen molar-refractivity contribution in [1.82, 2.24) is 25.0 Å². The molecule has 0 N–H and O–H groups in total. The number of aryl methyl sites for hydroxylation is 1. The smallest absolute Gasteiger partial charge is 0.140 e. The molecule has 5 aromatic rings. The summed E-state index contributed by atoms with van der Waals surface area (Å²) in [5, 5.41) is 55.3. The molecule has 2 heterocycles. The maximum Gasteiger partial charge on any atom is 0.140 e. The number of ether oxygens (including phenoxy) is 1. The number of hydrogen-bond donors (Lipinski definition) is 0. The lowest BCUT2D eigenvalue weighted by atomic mass is 10.2. The molecule has 416 valence electrons. The minimum Gasteiger partial charge on any atom is -0.497 e. The molecule has 0 spiro atoms. The molecule has 17 heteroatoms. The quantitative estimate of drug-likeness (QED) is 0.0594. The minimum absolute atomic E-state index is 0.344. The molecule has 0 amide bonds. The third-order valence-electron chi connectivity index (χ3n) is 11.1. The first-order chi connectivity index (χ1) is 36.2. The highest BCUT2D eigenvalue weighted by Crippen LogP contribution is 2.23. The van der Waals surface area contributed by atoms with E-state index in [1.807, 2.05) is 154 Å². The van der Waals surface area contributed by atoms with E-state index in [-0.39, 0.29) is 0 Å². The van der Waals surface area contributed by atoms with Crippen LogP contribution in [0.25, 0.3) is 0 Å². The number of hydrogen-bond acceptors (Lipinski definition) is 12. The Labute approximate surface area is 462 Å². The van der Waals surface area contributed by atoms with Crippen LogP contribution in [0.1, 0.15) is 136 Å². The SMILES string of the molecule is CC(C)N(N=Nc1ccccc1)C(C)C.CC(C)N(N=Nc1cccs1)C(C)C.COc1ccc(N=NN(C(C)C)C(C)C)cc1.Cc1ccccc1N=NN(C(C)C)C(C)C.c1ccc(N=NN2CCCCC2)cc1. The van der Waals surface area contributed by atoms with Gasteiger partial charge in [-0.2, -0.15) is 0 Å². The van der Waals surface area contributed by atoms with Crippen LogP contribution in [0.5, 0.6) is 5.75 Å². The summed E-state index contributed by atoms with van der Waals surface area (Å²) in [6.45, 7) is 38.0. The molecule has 1 aliphatic rings. The Balaban J connectivity index is 0.000000326. The first-order valence-electron chi connectivity index (χ1n) is 27.0. The van der Waals surface area contributed by atoms with E-state index in [1.54, 1.807) is 18.4 Å².